The Balaban J connectivity index is 0. The summed E-state index contributed by atoms with van der Waals surface area (Å²) < 4.78 is 0. The van der Waals surface area contributed by atoms with Crippen molar-refractivity contribution in [2.24, 2.45) is 0 Å². The quantitative estimate of drug-likeness (QED) is 0.592. The van der Waals surface area contributed by atoms with E-state index in [0.29, 0.717) is 18.1 Å². The Labute approximate surface area is 96.4 Å². The van der Waals surface area contributed by atoms with Gasteiger partial charge in [-0.3, -0.25) is 0 Å². The monoisotopic (exact) mass is 217 g/mol. The third kappa shape index (κ3) is 24.8. The number of hydrogen-bond acceptors (Lipinski definition) is 3. The van der Waals surface area contributed by atoms with Crippen LogP contribution in [0.1, 0.15) is 41.5 Å². The molecule has 0 aliphatic rings. The van der Waals surface area contributed by atoms with Crippen molar-refractivity contribution in [3.8, 4) is 0 Å². The van der Waals surface area contributed by atoms with Gasteiger partial charge in [0.15, 0.2) is 0 Å². The molecule has 0 saturated heterocycles. The predicted molar refractivity (Wildman–Crippen MR) is 70.5 cm³/mol. The lowest BCUT2D eigenvalue weighted by molar-refractivity contribution is 0.525. The van der Waals surface area contributed by atoms with Gasteiger partial charge < -0.3 is 16.0 Å². The molecule has 0 spiro atoms. The van der Waals surface area contributed by atoms with Gasteiger partial charge >= 0.3 is 0 Å². The van der Waals surface area contributed by atoms with Gasteiger partial charge in [0.1, 0.15) is 0 Å². The molecular weight excluding hydrogens is 186 g/mol. The highest BCUT2D eigenvalue weighted by Crippen LogP contribution is 1.76. The van der Waals surface area contributed by atoms with Crippen molar-refractivity contribution in [2.75, 3.05) is 20.1 Å². The van der Waals surface area contributed by atoms with Crippen LogP contribution < -0.4 is 16.0 Å². The van der Waals surface area contributed by atoms with Crippen LogP contribution in [0, 0.1) is 0 Å². The lowest BCUT2D eigenvalue weighted by Crippen LogP contribution is -2.34. The highest BCUT2D eigenvalue weighted by molar-refractivity contribution is 4.57. The summed E-state index contributed by atoms with van der Waals surface area (Å²) in [7, 11) is 1.95. The second kappa shape index (κ2) is 12.0. The average molecular weight is 217 g/mol. The van der Waals surface area contributed by atoms with E-state index in [1.54, 1.807) is 0 Å². The largest absolute Gasteiger partial charge is 0.318 e. The molecule has 0 aliphatic heterocycles. The first-order valence-electron chi connectivity index (χ1n) is 6.04. The van der Waals surface area contributed by atoms with Crippen LogP contribution in [0.2, 0.25) is 0 Å². The van der Waals surface area contributed by atoms with Crippen molar-refractivity contribution >= 4 is 0 Å². The van der Waals surface area contributed by atoms with Crippen molar-refractivity contribution in [1.82, 2.24) is 16.0 Å². The summed E-state index contributed by atoms with van der Waals surface area (Å²) in [5.41, 5.74) is 0. The smallest absolute Gasteiger partial charge is 0.00791 e. The second-order valence-corrected chi connectivity index (χ2v) is 4.66. The Bertz CT molecular complexity index is 101. The minimum atomic E-state index is 0.606. The first kappa shape index (κ1) is 17.3. The van der Waals surface area contributed by atoms with E-state index in [-0.39, 0.29) is 0 Å². The van der Waals surface area contributed by atoms with Crippen LogP contribution in [0.4, 0.5) is 0 Å². The first-order valence-corrected chi connectivity index (χ1v) is 6.04. The number of rotatable bonds is 6. The Kier molecular flexibility index (Phi) is 13.8. The van der Waals surface area contributed by atoms with E-state index in [9.17, 15) is 0 Å². The normalized spacial score (nSPS) is 10.8. The molecule has 3 nitrogen and oxygen atoms in total. The van der Waals surface area contributed by atoms with Crippen LogP contribution in [0.5, 0.6) is 0 Å². The molecule has 0 aliphatic carbocycles. The van der Waals surface area contributed by atoms with Gasteiger partial charge in [-0.15, -0.1) is 0 Å². The Morgan fingerprint density at radius 1 is 0.667 bits per heavy atom. The summed E-state index contributed by atoms with van der Waals surface area (Å²) in [6.07, 6.45) is 0. The van der Waals surface area contributed by atoms with E-state index in [1.165, 1.54) is 0 Å². The molecule has 0 aromatic heterocycles. The maximum Gasteiger partial charge on any atom is 0.00791 e. The fourth-order valence-electron chi connectivity index (χ4n) is 0.722. The third-order valence-corrected chi connectivity index (χ3v) is 1.81. The van der Waals surface area contributed by atoms with Crippen LogP contribution in [0.15, 0.2) is 0 Å². The van der Waals surface area contributed by atoms with Crippen LogP contribution in [0.25, 0.3) is 0 Å². The van der Waals surface area contributed by atoms with Crippen LogP contribution >= 0.6 is 0 Å². The van der Waals surface area contributed by atoms with Crippen LogP contribution in [0.3, 0.4) is 0 Å². The van der Waals surface area contributed by atoms with Crippen molar-refractivity contribution in [3.63, 3.8) is 0 Å². The molecule has 0 aromatic carbocycles. The minimum Gasteiger partial charge on any atom is -0.318 e. The lowest BCUT2D eigenvalue weighted by atomic mass is 10.3. The zero-order valence-electron chi connectivity index (χ0n) is 11.6. The molecule has 3 N–H and O–H groups in total. The fraction of sp³-hybridized carbons (Fsp3) is 1.00. The molecule has 15 heavy (non-hydrogen) atoms. The molecule has 0 fully saturated rings. The molecule has 0 amide bonds. The van der Waals surface area contributed by atoms with Crippen molar-refractivity contribution in [1.29, 1.82) is 0 Å². The fourth-order valence-corrected chi connectivity index (χ4v) is 0.722. The minimum absolute atomic E-state index is 0.606. The molecule has 0 atom stereocenters. The average Bonchev–Trinajstić information content (AvgIpc) is 2.13. The second-order valence-electron chi connectivity index (χ2n) is 4.66. The molecular formula is C12H31N3. The molecule has 3 heteroatoms. The van der Waals surface area contributed by atoms with Gasteiger partial charge in [0.05, 0.1) is 0 Å². The third-order valence-electron chi connectivity index (χ3n) is 1.81. The van der Waals surface area contributed by atoms with Gasteiger partial charge in [-0.1, -0.05) is 41.5 Å². The first-order chi connectivity index (χ1) is 6.90. The lowest BCUT2D eigenvalue weighted by Gasteiger charge is -2.10. The predicted octanol–water partition coefficient (Wildman–Crippen LogP) is 1.60. The van der Waals surface area contributed by atoms with Crippen LogP contribution in [-0.2, 0) is 0 Å². The van der Waals surface area contributed by atoms with Gasteiger partial charge in [0.2, 0.25) is 0 Å². The van der Waals surface area contributed by atoms with Gasteiger partial charge in [0.25, 0.3) is 0 Å². The Hall–Kier alpha value is -0.120. The molecule has 0 heterocycles. The molecule has 0 unspecified atom stereocenters. The van der Waals surface area contributed by atoms with E-state index < -0.39 is 0 Å². The molecule has 0 rings (SSSR count). The van der Waals surface area contributed by atoms with Crippen molar-refractivity contribution < 1.29 is 0 Å². The summed E-state index contributed by atoms with van der Waals surface area (Å²) in [6.45, 7) is 15.0. The highest BCUT2D eigenvalue weighted by atomic mass is 15.0. The highest BCUT2D eigenvalue weighted by Gasteiger charge is 1.92. The van der Waals surface area contributed by atoms with Crippen molar-refractivity contribution in [3.05, 3.63) is 0 Å². The van der Waals surface area contributed by atoms with Gasteiger partial charge in [0, 0.05) is 31.2 Å². The molecule has 94 valence electrons. The van der Waals surface area contributed by atoms with Gasteiger partial charge in [-0.25, -0.2) is 0 Å². The number of hydrogen-bond donors (Lipinski definition) is 3. The zero-order valence-corrected chi connectivity index (χ0v) is 11.6. The van der Waals surface area contributed by atoms with E-state index >= 15 is 0 Å². The summed E-state index contributed by atoms with van der Waals surface area (Å²) in [4.78, 5) is 0. The molecule has 0 radical (unpaired) electrons. The van der Waals surface area contributed by atoms with Crippen LogP contribution in [-0.4, -0.2) is 38.3 Å². The maximum atomic E-state index is 3.34. The van der Waals surface area contributed by atoms with E-state index in [2.05, 4.69) is 57.5 Å². The van der Waals surface area contributed by atoms with Gasteiger partial charge in [-0.2, -0.15) is 0 Å². The molecule has 0 saturated carbocycles. The SMILES string of the molecule is CC(C)NCCNC(C)C.CNC(C)C. The molecule has 0 aromatic rings. The molecule has 0 bridgehead atoms. The maximum absolute atomic E-state index is 3.34. The van der Waals surface area contributed by atoms with E-state index in [1.807, 2.05) is 7.05 Å². The Morgan fingerprint density at radius 2 is 0.933 bits per heavy atom. The zero-order chi connectivity index (χ0) is 12.3. The topological polar surface area (TPSA) is 36.1 Å². The number of nitrogens with one attached hydrogen (secondary N) is 3. The summed E-state index contributed by atoms with van der Waals surface area (Å²) in [6, 6.07) is 1.85. The Morgan fingerprint density at radius 3 is 1.07 bits per heavy atom. The summed E-state index contributed by atoms with van der Waals surface area (Å²) >= 11 is 0. The van der Waals surface area contributed by atoms with Crippen molar-refractivity contribution in [2.45, 2.75) is 59.7 Å². The van der Waals surface area contributed by atoms with Gasteiger partial charge in [-0.05, 0) is 7.05 Å². The summed E-state index contributed by atoms with van der Waals surface area (Å²) in [5, 5.41) is 9.70. The van der Waals surface area contributed by atoms with E-state index in [4.69, 9.17) is 0 Å². The summed E-state index contributed by atoms with van der Waals surface area (Å²) in [5.74, 6) is 0. The van der Waals surface area contributed by atoms with E-state index in [0.717, 1.165) is 13.1 Å². The standard InChI is InChI=1S/C8H20N2.C4H11N/c1-7(2)9-5-6-10-8(3)4;1-4(2)5-3/h7-10H,5-6H2,1-4H3;4-5H,1-3H3.